The van der Waals surface area contributed by atoms with Crippen LogP contribution in [0, 0.1) is 6.92 Å². The average molecular weight is 358 g/mol. The molecular formula is C20H30N4O2. The van der Waals surface area contributed by atoms with E-state index in [9.17, 15) is 9.59 Å². The van der Waals surface area contributed by atoms with E-state index in [-0.39, 0.29) is 18.0 Å². The van der Waals surface area contributed by atoms with E-state index in [4.69, 9.17) is 0 Å². The van der Waals surface area contributed by atoms with Crippen molar-refractivity contribution in [3.05, 3.63) is 29.3 Å². The summed E-state index contributed by atoms with van der Waals surface area (Å²) in [4.78, 5) is 29.2. The Kier molecular flexibility index (Phi) is 5.81. The van der Waals surface area contributed by atoms with E-state index in [0.717, 1.165) is 30.9 Å². The van der Waals surface area contributed by atoms with Crippen LogP contribution >= 0.6 is 0 Å². The van der Waals surface area contributed by atoms with Gasteiger partial charge in [0.05, 0.1) is 0 Å². The van der Waals surface area contributed by atoms with E-state index < -0.39 is 0 Å². The Morgan fingerprint density at radius 1 is 1.15 bits per heavy atom. The summed E-state index contributed by atoms with van der Waals surface area (Å²) in [6.45, 7) is 9.48. The minimum atomic E-state index is -0.0798. The molecular weight excluding hydrogens is 328 g/mol. The number of carbonyl (C=O) groups is 2. The highest BCUT2D eigenvalue weighted by molar-refractivity contribution is 5.97. The number of aryl methyl sites for hydroxylation is 1. The maximum absolute atomic E-state index is 12.6. The predicted octanol–water partition coefficient (Wildman–Crippen LogP) is 2.84. The van der Waals surface area contributed by atoms with Crippen LogP contribution in [0.5, 0.6) is 0 Å². The third-order valence-electron chi connectivity index (χ3n) is 5.27. The molecule has 2 aliphatic rings. The summed E-state index contributed by atoms with van der Waals surface area (Å²) in [5.74, 6) is -0.0798. The van der Waals surface area contributed by atoms with Crippen LogP contribution in [0.3, 0.4) is 0 Å². The van der Waals surface area contributed by atoms with Crippen LogP contribution in [0.1, 0.15) is 49.0 Å². The highest BCUT2D eigenvalue weighted by Crippen LogP contribution is 2.22. The second-order valence-electron chi connectivity index (χ2n) is 7.72. The first-order valence-electron chi connectivity index (χ1n) is 9.65. The lowest BCUT2D eigenvalue weighted by molar-refractivity contribution is 0.0678. The number of hydrogen-bond acceptors (Lipinski definition) is 3. The third-order valence-corrected chi connectivity index (χ3v) is 5.27. The molecule has 3 amide bonds. The maximum Gasteiger partial charge on any atom is 0.321 e. The normalized spacial score (nSPS) is 20.6. The molecule has 6 heteroatoms. The third kappa shape index (κ3) is 4.36. The number of nitrogens with zero attached hydrogens (tertiary/aromatic N) is 2. The Hall–Kier alpha value is -2.08. The molecule has 2 N–H and O–H groups in total. The van der Waals surface area contributed by atoms with E-state index in [1.807, 2.05) is 31.7 Å². The molecule has 6 nitrogen and oxygen atoms in total. The molecule has 0 saturated carbocycles. The standard InChI is InChI=1S/C20H30N4O2/c1-14(2)21-19(25)18-8-7-16(12-15(18)3)22-20(26)24-11-10-23-9-5-4-6-17(23)13-24/h7-8,12,14,17H,4-6,9-11,13H2,1-3H3,(H,21,25)(H,22,26). The number of benzene rings is 1. The molecule has 2 fully saturated rings. The quantitative estimate of drug-likeness (QED) is 0.873. The summed E-state index contributed by atoms with van der Waals surface area (Å²) in [7, 11) is 0. The average Bonchev–Trinajstić information content (AvgIpc) is 2.60. The number of nitrogens with one attached hydrogen (secondary N) is 2. The SMILES string of the molecule is Cc1cc(NC(=O)N2CCN3CCCCC3C2)ccc1C(=O)NC(C)C. The van der Waals surface area contributed by atoms with E-state index in [0.29, 0.717) is 11.6 Å². The molecule has 2 saturated heterocycles. The summed E-state index contributed by atoms with van der Waals surface area (Å²) in [5.41, 5.74) is 2.24. The number of amides is 3. The van der Waals surface area contributed by atoms with Crippen molar-refractivity contribution in [2.75, 3.05) is 31.5 Å². The summed E-state index contributed by atoms with van der Waals surface area (Å²) >= 11 is 0. The lowest BCUT2D eigenvalue weighted by Gasteiger charge is -2.43. The first-order chi connectivity index (χ1) is 12.4. The lowest BCUT2D eigenvalue weighted by Crippen LogP contribution is -2.56. The number of hydrogen-bond donors (Lipinski definition) is 2. The van der Waals surface area contributed by atoms with Gasteiger partial charge in [0.1, 0.15) is 0 Å². The summed E-state index contributed by atoms with van der Waals surface area (Å²) in [5, 5.41) is 5.89. The summed E-state index contributed by atoms with van der Waals surface area (Å²) in [6.07, 6.45) is 3.72. The van der Waals surface area contributed by atoms with Crippen molar-refractivity contribution in [3.63, 3.8) is 0 Å². The molecule has 1 unspecified atom stereocenters. The van der Waals surface area contributed by atoms with Crippen LogP contribution in [-0.2, 0) is 0 Å². The van der Waals surface area contributed by atoms with Crippen LogP contribution in [0.25, 0.3) is 0 Å². The van der Waals surface area contributed by atoms with Gasteiger partial charge in [-0.05, 0) is 63.9 Å². The van der Waals surface area contributed by atoms with Gasteiger partial charge in [-0.2, -0.15) is 0 Å². The Morgan fingerprint density at radius 2 is 1.96 bits per heavy atom. The van der Waals surface area contributed by atoms with E-state index in [2.05, 4.69) is 15.5 Å². The second-order valence-corrected chi connectivity index (χ2v) is 7.72. The van der Waals surface area contributed by atoms with Crippen LogP contribution in [-0.4, -0.2) is 60.0 Å². The summed E-state index contributed by atoms with van der Waals surface area (Å²) in [6, 6.07) is 6.00. The van der Waals surface area contributed by atoms with Crippen molar-refractivity contribution in [1.82, 2.24) is 15.1 Å². The molecule has 1 aromatic carbocycles. The van der Waals surface area contributed by atoms with Gasteiger partial charge >= 0.3 is 6.03 Å². The Balaban J connectivity index is 1.61. The van der Waals surface area contributed by atoms with Crippen LogP contribution in [0.4, 0.5) is 10.5 Å². The van der Waals surface area contributed by atoms with Crippen LogP contribution < -0.4 is 10.6 Å². The van der Waals surface area contributed by atoms with Crippen molar-refractivity contribution in [2.24, 2.45) is 0 Å². The fourth-order valence-electron chi connectivity index (χ4n) is 3.88. The fraction of sp³-hybridized carbons (Fsp3) is 0.600. The van der Waals surface area contributed by atoms with Crippen molar-refractivity contribution < 1.29 is 9.59 Å². The Bertz CT molecular complexity index is 674. The summed E-state index contributed by atoms with van der Waals surface area (Å²) < 4.78 is 0. The molecule has 0 bridgehead atoms. The van der Waals surface area contributed by atoms with Crippen molar-refractivity contribution in [2.45, 2.75) is 52.1 Å². The number of urea groups is 1. The molecule has 26 heavy (non-hydrogen) atoms. The first-order valence-corrected chi connectivity index (χ1v) is 9.65. The number of piperazine rings is 1. The molecule has 0 spiro atoms. The smallest absolute Gasteiger partial charge is 0.321 e. The molecule has 1 atom stereocenters. The number of carbonyl (C=O) groups excluding carboxylic acids is 2. The van der Waals surface area contributed by atoms with Gasteiger partial charge in [0.25, 0.3) is 5.91 Å². The van der Waals surface area contributed by atoms with Crippen molar-refractivity contribution in [3.8, 4) is 0 Å². The zero-order valence-corrected chi connectivity index (χ0v) is 16.0. The topological polar surface area (TPSA) is 64.7 Å². The van der Waals surface area contributed by atoms with Gasteiger partial charge < -0.3 is 15.5 Å². The Morgan fingerprint density at radius 3 is 2.69 bits per heavy atom. The van der Waals surface area contributed by atoms with E-state index in [1.165, 1.54) is 25.8 Å². The number of rotatable bonds is 3. The van der Waals surface area contributed by atoms with Gasteiger partial charge in [0, 0.05) is 43.0 Å². The molecule has 0 aliphatic carbocycles. The van der Waals surface area contributed by atoms with Crippen LogP contribution in [0.2, 0.25) is 0 Å². The van der Waals surface area contributed by atoms with Crippen molar-refractivity contribution in [1.29, 1.82) is 0 Å². The number of anilines is 1. The lowest BCUT2D eigenvalue weighted by atomic mass is 10.00. The highest BCUT2D eigenvalue weighted by atomic mass is 16.2. The van der Waals surface area contributed by atoms with E-state index >= 15 is 0 Å². The molecule has 2 heterocycles. The van der Waals surface area contributed by atoms with Gasteiger partial charge in [0.2, 0.25) is 0 Å². The molecule has 0 aromatic heterocycles. The first kappa shape index (κ1) is 18.7. The molecule has 0 radical (unpaired) electrons. The van der Waals surface area contributed by atoms with E-state index in [1.54, 1.807) is 12.1 Å². The van der Waals surface area contributed by atoms with Gasteiger partial charge in [-0.3, -0.25) is 9.69 Å². The zero-order valence-electron chi connectivity index (χ0n) is 16.0. The molecule has 2 aliphatic heterocycles. The Labute approximate surface area is 155 Å². The largest absolute Gasteiger partial charge is 0.350 e. The maximum atomic E-state index is 12.6. The minimum absolute atomic E-state index is 0.0472. The number of fused-ring (bicyclic) bond motifs is 1. The van der Waals surface area contributed by atoms with Gasteiger partial charge in [-0.25, -0.2) is 4.79 Å². The second kappa shape index (κ2) is 8.08. The van der Waals surface area contributed by atoms with Gasteiger partial charge in [-0.1, -0.05) is 6.42 Å². The fourth-order valence-corrected chi connectivity index (χ4v) is 3.88. The van der Waals surface area contributed by atoms with Gasteiger partial charge in [-0.15, -0.1) is 0 Å². The molecule has 142 valence electrons. The van der Waals surface area contributed by atoms with Crippen LogP contribution in [0.15, 0.2) is 18.2 Å². The molecule has 1 aromatic rings. The van der Waals surface area contributed by atoms with Crippen molar-refractivity contribution >= 4 is 17.6 Å². The zero-order chi connectivity index (χ0) is 18.7. The monoisotopic (exact) mass is 358 g/mol. The molecule has 3 rings (SSSR count). The highest BCUT2D eigenvalue weighted by Gasteiger charge is 2.31. The minimum Gasteiger partial charge on any atom is -0.350 e. The predicted molar refractivity (Wildman–Crippen MR) is 104 cm³/mol. The van der Waals surface area contributed by atoms with Gasteiger partial charge in [0.15, 0.2) is 0 Å². The number of piperidine rings is 1.